The second-order valence-corrected chi connectivity index (χ2v) is 8.09. The Morgan fingerprint density at radius 2 is 1.59 bits per heavy atom. The molecule has 5 nitrogen and oxygen atoms in total. The molecule has 5 rings (SSSR count). The van der Waals surface area contributed by atoms with Crippen LogP contribution in [0.15, 0.2) is 95.5 Å². The number of hydrogen-bond donors (Lipinski definition) is 1. The summed E-state index contributed by atoms with van der Waals surface area (Å²) in [5.41, 5.74) is 2.02. The van der Waals surface area contributed by atoms with Gasteiger partial charge in [0.25, 0.3) is 5.91 Å². The van der Waals surface area contributed by atoms with Crippen molar-refractivity contribution in [3.63, 3.8) is 0 Å². The van der Waals surface area contributed by atoms with Crippen molar-refractivity contribution in [3.8, 4) is 17.1 Å². The fourth-order valence-electron chi connectivity index (χ4n) is 3.41. The van der Waals surface area contributed by atoms with E-state index in [4.69, 9.17) is 0 Å². The van der Waals surface area contributed by atoms with Crippen molar-refractivity contribution in [3.05, 3.63) is 107 Å². The molecule has 0 spiro atoms. The summed E-state index contributed by atoms with van der Waals surface area (Å²) in [6.45, 7) is 0. The Hall–Kier alpha value is -3.84. The van der Waals surface area contributed by atoms with Gasteiger partial charge in [0.2, 0.25) is 5.82 Å². The quantitative estimate of drug-likeness (QED) is 0.327. The molecule has 32 heavy (non-hydrogen) atoms. The maximum absolute atomic E-state index is 13.4. The van der Waals surface area contributed by atoms with E-state index < -0.39 is 5.91 Å². The molecular formula is C25H16BrFN4O. The van der Waals surface area contributed by atoms with Crippen LogP contribution < -0.4 is 5.32 Å². The van der Waals surface area contributed by atoms with E-state index in [1.165, 1.54) is 16.8 Å². The monoisotopic (exact) mass is 486 g/mol. The Balaban J connectivity index is 1.52. The van der Waals surface area contributed by atoms with Crippen LogP contribution in [0.3, 0.4) is 0 Å². The minimum atomic E-state index is -0.431. The fourth-order valence-corrected chi connectivity index (χ4v) is 3.67. The number of anilines is 1. The van der Waals surface area contributed by atoms with Gasteiger partial charge in [-0.3, -0.25) is 4.79 Å². The van der Waals surface area contributed by atoms with E-state index in [2.05, 4.69) is 31.3 Å². The van der Waals surface area contributed by atoms with Crippen LogP contribution in [0.4, 0.5) is 10.1 Å². The SMILES string of the molecule is O=C(Nc1ccc2ccccc2c1)c1nc(-c2ccc(Br)cc2)n(-c2ccc(F)cc2)n1. The lowest BCUT2D eigenvalue weighted by Crippen LogP contribution is -2.14. The van der Waals surface area contributed by atoms with Crippen molar-refractivity contribution in [2.24, 2.45) is 0 Å². The number of hydrogen-bond acceptors (Lipinski definition) is 3. The zero-order chi connectivity index (χ0) is 22.1. The molecule has 0 aliphatic carbocycles. The summed E-state index contributed by atoms with van der Waals surface area (Å²) in [7, 11) is 0. The van der Waals surface area contributed by atoms with Crippen molar-refractivity contribution in [2.45, 2.75) is 0 Å². The van der Waals surface area contributed by atoms with Crippen LogP contribution in [0.2, 0.25) is 0 Å². The molecule has 4 aromatic carbocycles. The Morgan fingerprint density at radius 3 is 2.34 bits per heavy atom. The number of nitrogens with zero attached hydrogens (tertiary/aromatic N) is 3. The molecular weight excluding hydrogens is 471 g/mol. The van der Waals surface area contributed by atoms with Crippen LogP contribution in [-0.2, 0) is 0 Å². The van der Waals surface area contributed by atoms with Crippen LogP contribution in [0, 0.1) is 5.82 Å². The normalized spacial score (nSPS) is 10.9. The van der Waals surface area contributed by atoms with Crippen LogP contribution in [0.1, 0.15) is 10.6 Å². The van der Waals surface area contributed by atoms with Crippen LogP contribution in [0.25, 0.3) is 27.8 Å². The molecule has 7 heteroatoms. The van der Waals surface area contributed by atoms with Gasteiger partial charge < -0.3 is 5.32 Å². The molecule has 0 unspecified atom stereocenters. The third-order valence-electron chi connectivity index (χ3n) is 4.99. The first-order valence-electron chi connectivity index (χ1n) is 9.86. The average molecular weight is 487 g/mol. The van der Waals surface area contributed by atoms with Crippen molar-refractivity contribution in [1.29, 1.82) is 0 Å². The number of benzene rings is 4. The average Bonchev–Trinajstić information content (AvgIpc) is 3.26. The van der Waals surface area contributed by atoms with Gasteiger partial charge in [0.1, 0.15) is 5.82 Å². The van der Waals surface area contributed by atoms with E-state index in [0.29, 0.717) is 17.2 Å². The Labute approximate surface area is 191 Å². The highest BCUT2D eigenvalue weighted by atomic mass is 79.9. The second-order valence-electron chi connectivity index (χ2n) is 7.17. The Bertz CT molecular complexity index is 1370. The third kappa shape index (κ3) is 4.02. The second kappa shape index (κ2) is 8.36. The fraction of sp³-hybridized carbons (Fsp3) is 0. The standard InChI is InChI=1S/C25H16BrFN4O/c26-19-8-5-17(6-9-19)24-29-23(30-31(24)22-13-10-20(27)11-14-22)25(32)28-21-12-7-16-3-1-2-4-18(16)15-21/h1-15H,(H,28,32). The molecule has 1 aromatic heterocycles. The molecule has 156 valence electrons. The predicted octanol–water partition coefficient (Wildman–Crippen LogP) is 6.24. The van der Waals surface area contributed by atoms with Gasteiger partial charge >= 0.3 is 0 Å². The molecule has 1 amide bonds. The number of rotatable bonds is 4. The maximum Gasteiger partial charge on any atom is 0.295 e. The summed E-state index contributed by atoms with van der Waals surface area (Å²) < 4.78 is 15.9. The first-order valence-corrected chi connectivity index (χ1v) is 10.7. The van der Waals surface area contributed by atoms with Gasteiger partial charge in [-0.05, 0) is 59.3 Å². The van der Waals surface area contributed by atoms with E-state index in [1.54, 1.807) is 12.1 Å². The highest BCUT2D eigenvalue weighted by Crippen LogP contribution is 2.24. The Kier molecular flexibility index (Phi) is 5.25. The predicted molar refractivity (Wildman–Crippen MR) is 126 cm³/mol. The summed E-state index contributed by atoms with van der Waals surface area (Å²) in [6.07, 6.45) is 0. The topological polar surface area (TPSA) is 59.8 Å². The van der Waals surface area contributed by atoms with Crippen LogP contribution in [-0.4, -0.2) is 20.7 Å². The van der Waals surface area contributed by atoms with E-state index in [9.17, 15) is 9.18 Å². The number of amides is 1. The van der Waals surface area contributed by atoms with Gasteiger partial charge in [-0.1, -0.05) is 58.4 Å². The van der Waals surface area contributed by atoms with Crippen molar-refractivity contribution in [2.75, 3.05) is 5.32 Å². The highest BCUT2D eigenvalue weighted by molar-refractivity contribution is 9.10. The summed E-state index contributed by atoms with van der Waals surface area (Å²) in [4.78, 5) is 17.5. The molecule has 0 bridgehead atoms. The molecule has 1 N–H and O–H groups in total. The van der Waals surface area contributed by atoms with E-state index in [-0.39, 0.29) is 11.6 Å². The van der Waals surface area contributed by atoms with Crippen molar-refractivity contribution < 1.29 is 9.18 Å². The minimum absolute atomic E-state index is 0.0143. The third-order valence-corrected chi connectivity index (χ3v) is 5.52. The van der Waals surface area contributed by atoms with Gasteiger partial charge in [-0.25, -0.2) is 14.1 Å². The number of carbonyl (C=O) groups is 1. The first kappa shape index (κ1) is 20.1. The molecule has 0 aliphatic heterocycles. The Morgan fingerprint density at radius 1 is 0.875 bits per heavy atom. The van der Waals surface area contributed by atoms with Crippen LogP contribution in [0.5, 0.6) is 0 Å². The van der Waals surface area contributed by atoms with Gasteiger partial charge in [0.15, 0.2) is 5.82 Å². The number of halogens is 2. The number of aromatic nitrogens is 3. The van der Waals surface area contributed by atoms with Gasteiger partial charge in [-0.15, -0.1) is 5.10 Å². The summed E-state index contributed by atoms with van der Waals surface area (Å²) in [5.74, 6) is -0.291. The molecule has 5 aromatic rings. The molecule has 0 saturated carbocycles. The lowest BCUT2D eigenvalue weighted by atomic mass is 10.1. The minimum Gasteiger partial charge on any atom is -0.319 e. The molecule has 0 saturated heterocycles. The zero-order valence-electron chi connectivity index (χ0n) is 16.7. The number of carbonyl (C=O) groups excluding carboxylic acids is 1. The summed E-state index contributed by atoms with van der Waals surface area (Å²) >= 11 is 3.42. The lowest BCUT2D eigenvalue weighted by molar-refractivity contribution is 0.101. The largest absolute Gasteiger partial charge is 0.319 e. The summed E-state index contributed by atoms with van der Waals surface area (Å²) in [5, 5.41) is 9.40. The van der Waals surface area contributed by atoms with Gasteiger partial charge in [-0.2, -0.15) is 0 Å². The zero-order valence-corrected chi connectivity index (χ0v) is 18.3. The van der Waals surface area contributed by atoms with Crippen molar-refractivity contribution >= 4 is 38.3 Å². The molecule has 0 fully saturated rings. The number of nitrogens with one attached hydrogen (secondary N) is 1. The molecule has 0 atom stereocenters. The molecule has 0 radical (unpaired) electrons. The molecule has 1 heterocycles. The first-order chi connectivity index (χ1) is 15.6. The summed E-state index contributed by atoms with van der Waals surface area (Å²) in [6, 6.07) is 27.0. The smallest absolute Gasteiger partial charge is 0.295 e. The van der Waals surface area contributed by atoms with E-state index in [0.717, 1.165) is 20.8 Å². The van der Waals surface area contributed by atoms with Gasteiger partial charge in [0.05, 0.1) is 5.69 Å². The van der Waals surface area contributed by atoms with Gasteiger partial charge in [0, 0.05) is 15.7 Å². The highest BCUT2D eigenvalue weighted by Gasteiger charge is 2.19. The molecule has 0 aliphatic rings. The van der Waals surface area contributed by atoms with E-state index >= 15 is 0 Å². The van der Waals surface area contributed by atoms with E-state index in [1.807, 2.05) is 66.7 Å². The van der Waals surface area contributed by atoms with Crippen molar-refractivity contribution in [1.82, 2.24) is 14.8 Å². The number of fused-ring (bicyclic) bond motifs is 1. The lowest BCUT2D eigenvalue weighted by Gasteiger charge is -2.06. The van der Waals surface area contributed by atoms with Crippen LogP contribution >= 0.6 is 15.9 Å². The maximum atomic E-state index is 13.4.